The van der Waals surface area contributed by atoms with Crippen LogP contribution in [0.2, 0.25) is 18.1 Å². The molecule has 11 heteroatoms. The van der Waals surface area contributed by atoms with Crippen LogP contribution in [0.5, 0.6) is 0 Å². The molecule has 3 rings (SSSR count). The summed E-state index contributed by atoms with van der Waals surface area (Å²) in [5, 5.41) is 4.62. The fourth-order valence-corrected chi connectivity index (χ4v) is 6.19. The summed E-state index contributed by atoms with van der Waals surface area (Å²) in [5.74, 6) is 0.282. The lowest BCUT2D eigenvalue weighted by Gasteiger charge is -2.50. The topological polar surface area (TPSA) is 112 Å². The molecule has 0 radical (unpaired) electrons. The van der Waals surface area contributed by atoms with E-state index in [1.54, 1.807) is 24.5 Å². The molecule has 9 nitrogen and oxygen atoms in total. The third kappa shape index (κ3) is 7.96. The predicted molar refractivity (Wildman–Crippen MR) is 177 cm³/mol. The lowest BCUT2D eigenvalue weighted by atomic mass is 9.63. The Morgan fingerprint density at radius 3 is 2.07 bits per heavy atom. The largest absolute Gasteiger partial charge is 0.445 e. The number of benzene rings is 1. The Labute approximate surface area is 263 Å². The summed E-state index contributed by atoms with van der Waals surface area (Å²) in [5.41, 5.74) is 6.11. The van der Waals surface area contributed by atoms with Gasteiger partial charge in [-0.15, -0.1) is 0 Å². The summed E-state index contributed by atoms with van der Waals surface area (Å²) in [4.78, 5) is 29.0. The van der Waals surface area contributed by atoms with Gasteiger partial charge in [-0.25, -0.2) is 19.2 Å². The van der Waals surface area contributed by atoms with Crippen LogP contribution in [0.4, 0.5) is 15.1 Å². The van der Waals surface area contributed by atoms with Gasteiger partial charge in [0.15, 0.2) is 13.9 Å². The van der Waals surface area contributed by atoms with Crippen LogP contribution < -0.4 is 10.6 Å². The van der Waals surface area contributed by atoms with E-state index in [0.29, 0.717) is 48.6 Å². The summed E-state index contributed by atoms with van der Waals surface area (Å²) in [6.07, 6.45) is 3.83. The van der Waals surface area contributed by atoms with Gasteiger partial charge < -0.3 is 24.6 Å². The van der Waals surface area contributed by atoms with E-state index in [1.807, 2.05) is 47.6 Å². The monoisotopic (exact) mass is 629 g/mol. The number of nitrogens with zero attached hydrogens (tertiary/aromatic N) is 4. The lowest BCUT2D eigenvalue weighted by Crippen LogP contribution is -2.58. The molecular formula is C33H52FN5O4Si. The molecule has 0 spiro atoms. The van der Waals surface area contributed by atoms with Crippen LogP contribution in [0.15, 0.2) is 35.7 Å². The van der Waals surface area contributed by atoms with Crippen molar-refractivity contribution < 1.29 is 23.2 Å². The van der Waals surface area contributed by atoms with Gasteiger partial charge in [0, 0.05) is 65.8 Å². The second-order valence-corrected chi connectivity index (χ2v) is 20.1. The molecule has 2 aromatic rings. The minimum absolute atomic E-state index is 0.00835. The van der Waals surface area contributed by atoms with Gasteiger partial charge in [-0.3, -0.25) is 0 Å². The average Bonchev–Trinajstić information content (AvgIpc) is 2.91. The van der Waals surface area contributed by atoms with Crippen LogP contribution in [0.3, 0.4) is 0 Å². The van der Waals surface area contributed by atoms with Crippen LogP contribution in [-0.2, 0) is 20.6 Å². The molecule has 1 aromatic carbocycles. The molecule has 1 aromatic heterocycles. The smallest absolute Gasteiger partial charge is 0.404 e. The number of ether oxygens (including phenoxy) is 1. The second kappa shape index (κ2) is 13.1. The first-order chi connectivity index (χ1) is 20.2. The molecule has 0 aliphatic carbocycles. The number of nitrogens with two attached hydrogens (primary N) is 1. The Bertz CT molecular complexity index is 1300. The minimum atomic E-state index is -2.01. The molecule has 0 bridgehead atoms. The van der Waals surface area contributed by atoms with Crippen molar-refractivity contribution in [3.63, 3.8) is 0 Å². The van der Waals surface area contributed by atoms with Gasteiger partial charge in [-0.2, -0.15) is 0 Å². The highest BCUT2D eigenvalue weighted by atomic mass is 28.4. The van der Waals surface area contributed by atoms with Crippen molar-refractivity contribution in [3.8, 4) is 11.1 Å². The highest BCUT2D eigenvalue weighted by Crippen LogP contribution is 2.47. The number of carbonyl (C=O) groups excluding carboxylic acids is 1. The molecule has 0 unspecified atom stereocenters. The van der Waals surface area contributed by atoms with Gasteiger partial charge in [0.25, 0.3) is 0 Å². The van der Waals surface area contributed by atoms with Crippen molar-refractivity contribution in [1.29, 1.82) is 0 Å². The van der Waals surface area contributed by atoms with Crippen LogP contribution >= 0.6 is 0 Å². The first-order valence-corrected chi connectivity index (χ1v) is 18.2. The Kier molecular flexibility index (Phi) is 10.6. The number of halogens is 1. The van der Waals surface area contributed by atoms with E-state index in [0.717, 1.165) is 5.71 Å². The van der Waals surface area contributed by atoms with Crippen molar-refractivity contribution in [2.24, 2.45) is 21.7 Å². The molecule has 1 aliphatic heterocycles. The summed E-state index contributed by atoms with van der Waals surface area (Å²) in [7, 11) is -2.01. The molecule has 0 saturated carbocycles. The Morgan fingerprint density at radius 1 is 1.00 bits per heavy atom. The van der Waals surface area contributed by atoms with E-state index in [2.05, 4.69) is 53.9 Å². The molecule has 1 saturated heterocycles. The number of anilines is 1. The predicted octanol–water partition coefficient (Wildman–Crippen LogP) is 7.70. The van der Waals surface area contributed by atoms with Crippen molar-refractivity contribution in [2.75, 3.05) is 24.6 Å². The van der Waals surface area contributed by atoms with Crippen LogP contribution in [0.1, 0.15) is 80.7 Å². The standard InChI is InChI=1S/C33H52FN5O4Si/c1-30(2,3)33(31(4,5)6,22-41-28(35)40)43-38-25-15-17-39(18-16-25)29-36-19-24(20-37-29)26-14-12-13-23(27(26)34)21-42-44(10,11)32(7,8)9/h12-14,19-20H,15-18,21-22H2,1-11H3,(H2,35,40). The number of amides is 1. The van der Waals surface area contributed by atoms with Crippen LogP contribution in [0, 0.1) is 16.6 Å². The zero-order valence-electron chi connectivity index (χ0n) is 28.5. The fraction of sp³-hybridized carbons (Fsp3) is 0.636. The van der Waals surface area contributed by atoms with E-state index in [1.165, 1.54) is 0 Å². The minimum Gasteiger partial charge on any atom is -0.445 e. The number of primary amides is 1. The van der Waals surface area contributed by atoms with E-state index >= 15 is 4.39 Å². The van der Waals surface area contributed by atoms with Crippen molar-refractivity contribution in [3.05, 3.63) is 42.0 Å². The van der Waals surface area contributed by atoms with Crippen LogP contribution in [0.25, 0.3) is 11.1 Å². The Balaban J connectivity index is 1.70. The molecule has 1 amide bonds. The molecule has 0 atom stereocenters. The SMILES string of the molecule is CC(C)(C)C(COC(N)=O)(ON=C1CCN(c2ncc(-c3cccc(CO[Si](C)(C)C(C)(C)C)c3F)cn2)CC1)C(C)(C)C. The van der Waals surface area contributed by atoms with Crippen molar-refractivity contribution in [1.82, 2.24) is 9.97 Å². The summed E-state index contributed by atoms with van der Waals surface area (Å²) in [6.45, 7) is 24.6. The summed E-state index contributed by atoms with van der Waals surface area (Å²) >= 11 is 0. The van der Waals surface area contributed by atoms with Gasteiger partial charge in [-0.05, 0) is 18.1 Å². The number of rotatable bonds is 9. The first-order valence-electron chi connectivity index (χ1n) is 15.3. The molecule has 2 heterocycles. The first kappa shape index (κ1) is 35.4. The zero-order valence-corrected chi connectivity index (χ0v) is 29.5. The zero-order chi connectivity index (χ0) is 33.1. The number of hydrogen-bond acceptors (Lipinski definition) is 8. The second-order valence-electron chi connectivity index (χ2n) is 15.3. The molecular weight excluding hydrogens is 577 g/mol. The molecule has 44 heavy (non-hydrogen) atoms. The van der Waals surface area contributed by atoms with Gasteiger partial charge in [-0.1, -0.05) is 85.7 Å². The molecule has 2 N–H and O–H groups in total. The maximum atomic E-state index is 15.5. The van der Waals surface area contributed by atoms with Gasteiger partial charge in [0.1, 0.15) is 12.4 Å². The quantitative estimate of drug-likeness (QED) is 0.223. The number of hydrogen-bond donors (Lipinski definition) is 1. The van der Waals surface area contributed by atoms with Crippen LogP contribution in [-0.4, -0.2) is 55.4 Å². The average molecular weight is 630 g/mol. The lowest BCUT2D eigenvalue weighted by molar-refractivity contribution is -0.202. The maximum Gasteiger partial charge on any atom is 0.404 e. The highest BCUT2D eigenvalue weighted by molar-refractivity contribution is 6.74. The third-order valence-corrected chi connectivity index (χ3v) is 13.7. The van der Waals surface area contributed by atoms with E-state index in [4.69, 9.17) is 19.7 Å². The van der Waals surface area contributed by atoms with E-state index < -0.39 is 30.8 Å². The van der Waals surface area contributed by atoms with E-state index in [9.17, 15) is 4.79 Å². The fourth-order valence-electron chi connectivity index (χ4n) is 5.24. The number of piperidine rings is 1. The summed E-state index contributed by atoms with van der Waals surface area (Å²) < 4.78 is 27.1. The third-order valence-electron chi connectivity index (χ3n) is 9.22. The van der Waals surface area contributed by atoms with Crippen molar-refractivity contribution in [2.45, 2.75) is 105 Å². The Morgan fingerprint density at radius 2 is 1.57 bits per heavy atom. The van der Waals surface area contributed by atoms with E-state index in [-0.39, 0.29) is 24.1 Å². The van der Waals surface area contributed by atoms with Gasteiger partial charge >= 0.3 is 6.09 Å². The number of aromatic nitrogens is 2. The van der Waals surface area contributed by atoms with Crippen molar-refractivity contribution >= 4 is 26.1 Å². The molecule has 1 aliphatic rings. The Hall–Kier alpha value is -3.05. The summed E-state index contributed by atoms with van der Waals surface area (Å²) in [6, 6.07) is 5.37. The highest BCUT2D eigenvalue weighted by Gasteiger charge is 2.55. The number of carbonyl (C=O) groups is 1. The normalized spacial score (nSPS) is 15.3. The van der Waals surface area contributed by atoms with Gasteiger partial charge in [0.05, 0.1) is 12.3 Å². The number of oxime groups is 1. The molecule has 1 fully saturated rings. The molecule has 244 valence electrons. The maximum absolute atomic E-state index is 15.5. The van der Waals surface area contributed by atoms with Gasteiger partial charge in [0.2, 0.25) is 5.95 Å².